The molecule has 0 spiro atoms. The van der Waals surface area contributed by atoms with Crippen molar-refractivity contribution in [1.82, 2.24) is 5.32 Å². The fourth-order valence-corrected chi connectivity index (χ4v) is 0.839. The van der Waals surface area contributed by atoms with Crippen LogP contribution in [0.4, 0.5) is 0 Å². The highest BCUT2D eigenvalue weighted by molar-refractivity contribution is 4.72. The van der Waals surface area contributed by atoms with Gasteiger partial charge in [-0.3, -0.25) is 0 Å². The molecule has 0 aliphatic heterocycles. The van der Waals surface area contributed by atoms with E-state index in [0.717, 1.165) is 0 Å². The van der Waals surface area contributed by atoms with E-state index in [1.165, 1.54) is 0 Å². The monoisotopic (exact) mass is 160 g/mol. The highest BCUT2D eigenvalue weighted by atomic mass is 16.3. The summed E-state index contributed by atoms with van der Waals surface area (Å²) in [4.78, 5) is 0. The van der Waals surface area contributed by atoms with Gasteiger partial charge in [-0.25, -0.2) is 0 Å². The zero-order valence-electron chi connectivity index (χ0n) is 7.67. The third kappa shape index (κ3) is 4.35. The van der Waals surface area contributed by atoms with E-state index >= 15 is 0 Å². The predicted octanol–water partition coefficient (Wildman–Crippen LogP) is -0.0599. The summed E-state index contributed by atoms with van der Waals surface area (Å²) in [5, 5.41) is 12.1. The minimum atomic E-state index is 0.228. The van der Waals surface area contributed by atoms with Gasteiger partial charge in [0.2, 0.25) is 0 Å². The Hall–Kier alpha value is -0.120. The number of nitrogens with two attached hydrogens (primary N) is 1. The van der Waals surface area contributed by atoms with Crippen LogP contribution in [0, 0.1) is 5.92 Å². The molecule has 0 aromatic rings. The summed E-state index contributed by atoms with van der Waals surface area (Å²) >= 11 is 0. The minimum absolute atomic E-state index is 0.228. The van der Waals surface area contributed by atoms with E-state index in [1.54, 1.807) is 0 Å². The molecule has 68 valence electrons. The fourth-order valence-electron chi connectivity index (χ4n) is 0.839. The van der Waals surface area contributed by atoms with E-state index in [4.69, 9.17) is 10.8 Å². The Kier molecular flexibility index (Phi) is 5.46. The highest BCUT2D eigenvalue weighted by Crippen LogP contribution is 2.00. The van der Waals surface area contributed by atoms with Crippen LogP contribution in [0.5, 0.6) is 0 Å². The third-order valence-corrected chi connectivity index (χ3v) is 2.04. The summed E-state index contributed by atoms with van der Waals surface area (Å²) in [6, 6.07) is 0.664. The van der Waals surface area contributed by atoms with E-state index in [9.17, 15) is 0 Å². The van der Waals surface area contributed by atoms with Crippen LogP contribution in [-0.4, -0.2) is 30.3 Å². The van der Waals surface area contributed by atoms with Gasteiger partial charge in [0.15, 0.2) is 0 Å². The van der Waals surface area contributed by atoms with Gasteiger partial charge in [0.05, 0.1) is 0 Å². The van der Waals surface area contributed by atoms with Crippen molar-refractivity contribution in [3.63, 3.8) is 0 Å². The number of nitrogens with one attached hydrogen (secondary N) is 1. The smallest absolute Gasteiger partial charge is 0.0471 e. The Bertz CT molecular complexity index is 98.1. The molecule has 0 aromatic carbocycles. The lowest BCUT2D eigenvalue weighted by molar-refractivity contribution is 0.202. The molecule has 0 saturated heterocycles. The number of aliphatic hydroxyl groups is 1. The molecule has 11 heavy (non-hydrogen) atoms. The normalized spacial score (nSPS) is 19.4. The molecular formula is C8H20N2O. The van der Waals surface area contributed by atoms with E-state index < -0.39 is 0 Å². The van der Waals surface area contributed by atoms with E-state index in [1.807, 2.05) is 13.8 Å². The number of hydrogen-bond acceptors (Lipinski definition) is 3. The van der Waals surface area contributed by atoms with E-state index in [2.05, 4.69) is 12.2 Å². The van der Waals surface area contributed by atoms with E-state index in [0.29, 0.717) is 24.5 Å². The van der Waals surface area contributed by atoms with Gasteiger partial charge in [0, 0.05) is 25.2 Å². The molecular weight excluding hydrogens is 140 g/mol. The Morgan fingerprint density at radius 2 is 1.91 bits per heavy atom. The molecule has 0 rings (SSSR count). The maximum atomic E-state index is 8.82. The van der Waals surface area contributed by atoms with Crippen LogP contribution in [0.25, 0.3) is 0 Å². The van der Waals surface area contributed by atoms with Gasteiger partial charge in [-0.15, -0.1) is 0 Å². The molecule has 0 aliphatic carbocycles. The van der Waals surface area contributed by atoms with Gasteiger partial charge in [-0.2, -0.15) is 0 Å². The van der Waals surface area contributed by atoms with E-state index in [-0.39, 0.29) is 6.61 Å². The summed E-state index contributed by atoms with van der Waals surface area (Å²) in [7, 11) is 0. The number of rotatable bonds is 5. The summed E-state index contributed by atoms with van der Waals surface area (Å²) in [6.07, 6.45) is 0. The van der Waals surface area contributed by atoms with Crippen molar-refractivity contribution in [2.75, 3.05) is 13.2 Å². The topological polar surface area (TPSA) is 58.3 Å². The standard InChI is InChI=1S/C8H20N2O/c1-6(5-11)8(3)10-7(2)4-9/h6-8,10-11H,4-5,9H2,1-3H3. The van der Waals surface area contributed by atoms with Crippen molar-refractivity contribution in [1.29, 1.82) is 0 Å². The Morgan fingerprint density at radius 1 is 1.36 bits per heavy atom. The average molecular weight is 160 g/mol. The van der Waals surface area contributed by atoms with Gasteiger partial charge in [-0.05, 0) is 19.8 Å². The van der Waals surface area contributed by atoms with Gasteiger partial charge >= 0.3 is 0 Å². The average Bonchev–Trinajstić information content (AvgIpc) is 2.02. The maximum absolute atomic E-state index is 8.82. The second-order valence-electron chi connectivity index (χ2n) is 3.25. The first-order valence-corrected chi connectivity index (χ1v) is 4.18. The summed E-state index contributed by atoms with van der Waals surface area (Å²) in [6.45, 7) is 6.99. The third-order valence-electron chi connectivity index (χ3n) is 2.04. The lowest BCUT2D eigenvalue weighted by Crippen LogP contribution is -2.43. The maximum Gasteiger partial charge on any atom is 0.0471 e. The first kappa shape index (κ1) is 10.9. The Morgan fingerprint density at radius 3 is 2.27 bits per heavy atom. The molecule has 0 fully saturated rings. The van der Waals surface area contributed by atoms with Gasteiger partial charge in [0.1, 0.15) is 0 Å². The van der Waals surface area contributed by atoms with Crippen LogP contribution in [0.3, 0.4) is 0 Å². The first-order chi connectivity index (χ1) is 5.11. The Balaban J connectivity index is 3.58. The number of hydrogen-bond donors (Lipinski definition) is 3. The quantitative estimate of drug-likeness (QED) is 0.528. The highest BCUT2D eigenvalue weighted by Gasteiger charge is 2.11. The second kappa shape index (κ2) is 5.52. The zero-order valence-corrected chi connectivity index (χ0v) is 7.67. The SMILES string of the molecule is CC(CN)NC(C)C(C)CO. The molecule has 0 heterocycles. The van der Waals surface area contributed by atoms with Crippen molar-refractivity contribution in [3.05, 3.63) is 0 Å². The van der Waals surface area contributed by atoms with Crippen molar-refractivity contribution in [3.8, 4) is 0 Å². The zero-order chi connectivity index (χ0) is 8.85. The molecule has 3 heteroatoms. The molecule has 0 saturated carbocycles. The number of aliphatic hydroxyl groups excluding tert-OH is 1. The lowest BCUT2D eigenvalue weighted by atomic mass is 10.0. The van der Waals surface area contributed by atoms with Crippen molar-refractivity contribution in [2.24, 2.45) is 11.7 Å². The molecule has 0 radical (unpaired) electrons. The van der Waals surface area contributed by atoms with Crippen molar-refractivity contribution >= 4 is 0 Å². The molecule has 3 atom stereocenters. The van der Waals surface area contributed by atoms with Crippen LogP contribution < -0.4 is 11.1 Å². The summed E-state index contributed by atoms with van der Waals surface area (Å²) in [5.74, 6) is 0.295. The lowest BCUT2D eigenvalue weighted by Gasteiger charge is -2.22. The second-order valence-corrected chi connectivity index (χ2v) is 3.25. The molecule has 4 N–H and O–H groups in total. The van der Waals surface area contributed by atoms with Crippen molar-refractivity contribution in [2.45, 2.75) is 32.9 Å². The van der Waals surface area contributed by atoms with Gasteiger partial charge in [-0.1, -0.05) is 6.92 Å². The van der Waals surface area contributed by atoms with Crippen LogP contribution >= 0.6 is 0 Å². The van der Waals surface area contributed by atoms with Gasteiger partial charge in [0.25, 0.3) is 0 Å². The Labute approximate surface area is 69.0 Å². The predicted molar refractivity (Wildman–Crippen MR) is 47.4 cm³/mol. The van der Waals surface area contributed by atoms with Crippen LogP contribution in [0.15, 0.2) is 0 Å². The first-order valence-electron chi connectivity index (χ1n) is 4.18. The fraction of sp³-hybridized carbons (Fsp3) is 1.00. The molecule has 3 nitrogen and oxygen atoms in total. The molecule has 0 aromatic heterocycles. The largest absolute Gasteiger partial charge is 0.396 e. The molecule has 3 unspecified atom stereocenters. The van der Waals surface area contributed by atoms with Crippen LogP contribution in [0.1, 0.15) is 20.8 Å². The van der Waals surface area contributed by atoms with Crippen LogP contribution in [0.2, 0.25) is 0 Å². The minimum Gasteiger partial charge on any atom is -0.396 e. The summed E-state index contributed by atoms with van der Waals surface area (Å²) in [5.41, 5.74) is 5.44. The summed E-state index contributed by atoms with van der Waals surface area (Å²) < 4.78 is 0. The van der Waals surface area contributed by atoms with Gasteiger partial charge < -0.3 is 16.2 Å². The van der Waals surface area contributed by atoms with Crippen molar-refractivity contribution < 1.29 is 5.11 Å². The van der Waals surface area contributed by atoms with Crippen LogP contribution in [-0.2, 0) is 0 Å². The molecule has 0 aliphatic rings. The molecule has 0 amide bonds. The molecule has 0 bridgehead atoms.